The highest BCUT2D eigenvalue weighted by atomic mass is 16.2. The number of amides is 1. The largest absolute Gasteiger partial charge is 0.367 e. The normalized spacial score (nSPS) is 21.3. The summed E-state index contributed by atoms with van der Waals surface area (Å²) >= 11 is 0. The SMILES string of the molecule is Cc1nn(C(C)C)cc1-c1cc2c(N3CCN(C(=O)C4CCC(C#N)CC4)CC3)ccnc2[nH]1. The van der Waals surface area contributed by atoms with Gasteiger partial charge in [0.1, 0.15) is 5.65 Å². The maximum atomic E-state index is 13.0. The molecule has 178 valence electrons. The first-order chi connectivity index (χ1) is 16.4. The smallest absolute Gasteiger partial charge is 0.225 e. The second kappa shape index (κ2) is 9.13. The number of carbonyl (C=O) groups is 1. The molecule has 1 saturated heterocycles. The monoisotopic (exact) mass is 459 g/mol. The lowest BCUT2D eigenvalue weighted by Crippen LogP contribution is -2.50. The number of H-pyrrole nitrogens is 1. The number of fused-ring (bicyclic) bond motifs is 1. The van der Waals surface area contributed by atoms with Crippen molar-refractivity contribution < 1.29 is 4.79 Å². The van der Waals surface area contributed by atoms with Gasteiger partial charge in [0.2, 0.25) is 5.91 Å². The fourth-order valence-corrected chi connectivity index (χ4v) is 5.34. The maximum absolute atomic E-state index is 13.0. The molecule has 2 aliphatic rings. The maximum Gasteiger partial charge on any atom is 0.225 e. The molecule has 2 fully saturated rings. The quantitative estimate of drug-likeness (QED) is 0.628. The number of aryl methyl sites for hydroxylation is 1. The highest BCUT2D eigenvalue weighted by Crippen LogP contribution is 2.33. The van der Waals surface area contributed by atoms with Crippen LogP contribution in [-0.4, -0.2) is 56.7 Å². The molecule has 8 heteroatoms. The van der Waals surface area contributed by atoms with Gasteiger partial charge in [-0.1, -0.05) is 0 Å². The predicted molar refractivity (Wildman–Crippen MR) is 132 cm³/mol. The van der Waals surface area contributed by atoms with Crippen molar-refractivity contribution in [2.24, 2.45) is 11.8 Å². The number of aromatic nitrogens is 4. The van der Waals surface area contributed by atoms with E-state index in [1.807, 2.05) is 22.7 Å². The minimum absolute atomic E-state index is 0.0889. The Morgan fingerprint density at radius 2 is 1.91 bits per heavy atom. The molecule has 0 unspecified atom stereocenters. The Labute approximate surface area is 200 Å². The van der Waals surface area contributed by atoms with E-state index in [4.69, 9.17) is 5.26 Å². The third-order valence-electron chi connectivity index (χ3n) is 7.44. The van der Waals surface area contributed by atoms with Gasteiger partial charge in [0.05, 0.1) is 17.5 Å². The summed E-state index contributed by atoms with van der Waals surface area (Å²) in [6.45, 7) is 9.38. The van der Waals surface area contributed by atoms with Crippen LogP contribution in [0, 0.1) is 30.1 Å². The van der Waals surface area contributed by atoms with Crippen LogP contribution in [-0.2, 0) is 4.79 Å². The molecule has 1 saturated carbocycles. The van der Waals surface area contributed by atoms with Crippen LogP contribution < -0.4 is 4.90 Å². The molecule has 3 aromatic rings. The first kappa shape index (κ1) is 22.5. The summed E-state index contributed by atoms with van der Waals surface area (Å²) in [5, 5.41) is 14.9. The van der Waals surface area contributed by atoms with E-state index in [2.05, 4.69) is 58.2 Å². The fraction of sp³-hybridized carbons (Fsp3) is 0.538. The van der Waals surface area contributed by atoms with Crippen LogP contribution in [0.1, 0.15) is 51.3 Å². The van der Waals surface area contributed by atoms with Gasteiger partial charge in [-0.05, 0) is 58.6 Å². The van der Waals surface area contributed by atoms with Gasteiger partial charge in [0.15, 0.2) is 0 Å². The van der Waals surface area contributed by atoms with Crippen LogP contribution in [0.25, 0.3) is 22.3 Å². The molecule has 5 rings (SSSR count). The highest BCUT2D eigenvalue weighted by Gasteiger charge is 2.31. The topological polar surface area (TPSA) is 93.8 Å². The molecule has 0 radical (unpaired) electrons. The van der Waals surface area contributed by atoms with Crippen LogP contribution in [0.5, 0.6) is 0 Å². The van der Waals surface area contributed by atoms with Gasteiger partial charge in [0.25, 0.3) is 0 Å². The molecule has 1 amide bonds. The lowest BCUT2D eigenvalue weighted by atomic mass is 9.82. The number of hydrogen-bond donors (Lipinski definition) is 1. The summed E-state index contributed by atoms with van der Waals surface area (Å²) < 4.78 is 1.99. The van der Waals surface area contributed by atoms with E-state index < -0.39 is 0 Å². The van der Waals surface area contributed by atoms with Crippen LogP contribution in [0.3, 0.4) is 0 Å². The van der Waals surface area contributed by atoms with Crippen molar-refractivity contribution >= 4 is 22.6 Å². The van der Waals surface area contributed by atoms with Crippen LogP contribution in [0.15, 0.2) is 24.5 Å². The second-order valence-corrected chi connectivity index (χ2v) is 9.97. The number of piperazine rings is 1. The van der Waals surface area contributed by atoms with Gasteiger partial charge in [-0.2, -0.15) is 10.4 Å². The minimum Gasteiger partial charge on any atom is -0.367 e. The predicted octanol–water partition coefficient (Wildman–Crippen LogP) is 4.29. The third-order valence-corrected chi connectivity index (χ3v) is 7.44. The molecule has 0 atom stereocenters. The van der Waals surface area contributed by atoms with Crippen molar-refractivity contribution in [2.75, 3.05) is 31.1 Å². The summed E-state index contributed by atoms with van der Waals surface area (Å²) in [6, 6.07) is 6.92. The number of hydrogen-bond acceptors (Lipinski definition) is 5. The molecular formula is C26H33N7O. The molecule has 8 nitrogen and oxygen atoms in total. The zero-order valence-corrected chi connectivity index (χ0v) is 20.3. The Hall–Kier alpha value is -3.34. The Balaban J connectivity index is 1.30. The molecule has 1 N–H and O–H groups in total. The Morgan fingerprint density at radius 1 is 1.18 bits per heavy atom. The van der Waals surface area contributed by atoms with Crippen LogP contribution in [0.2, 0.25) is 0 Å². The average Bonchev–Trinajstić information content (AvgIpc) is 3.47. The Kier molecular flexibility index (Phi) is 6.03. The second-order valence-electron chi connectivity index (χ2n) is 9.97. The molecule has 1 aliphatic heterocycles. The van der Waals surface area contributed by atoms with Gasteiger partial charge in [-0.15, -0.1) is 0 Å². The van der Waals surface area contributed by atoms with E-state index in [-0.39, 0.29) is 17.7 Å². The third kappa shape index (κ3) is 4.15. The molecule has 0 spiro atoms. The number of anilines is 1. The number of carbonyl (C=O) groups excluding carboxylic acids is 1. The van der Waals surface area contributed by atoms with Crippen molar-refractivity contribution in [1.29, 1.82) is 5.26 Å². The van der Waals surface area contributed by atoms with E-state index in [0.717, 1.165) is 85.5 Å². The summed E-state index contributed by atoms with van der Waals surface area (Å²) in [6.07, 6.45) is 7.36. The number of nitriles is 1. The lowest BCUT2D eigenvalue weighted by Gasteiger charge is -2.38. The number of nitrogens with one attached hydrogen (secondary N) is 1. The Bertz CT molecular complexity index is 1220. The van der Waals surface area contributed by atoms with Crippen molar-refractivity contribution in [3.05, 3.63) is 30.2 Å². The van der Waals surface area contributed by atoms with Gasteiger partial charge < -0.3 is 14.8 Å². The number of nitrogens with zero attached hydrogens (tertiary/aromatic N) is 6. The average molecular weight is 460 g/mol. The van der Waals surface area contributed by atoms with Gasteiger partial charge in [-0.3, -0.25) is 9.48 Å². The van der Waals surface area contributed by atoms with Crippen LogP contribution >= 0.6 is 0 Å². The first-order valence-electron chi connectivity index (χ1n) is 12.4. The Morgan fingerprint density at radius 3 is 2.56 bits per heavy atom. The first-order valence-corrected chi connectivity index (χ1v) is 12.4. The number of pyridine rings is 1. The van der Waals surface area contributed by atoms with E-state index in [0.29, 0.717) is 6.04 Å². The summed E-state index contributed by atoms with van der Waals surface area (Å²) in [5.74, 6) is 0.494. The van der Waals surface area contributed by atoms with Crippen molar-refractivity contribution in [1.82, 2.24) is 24.6 Å². The zero-order valence-electron chi connectivity index (χ0n) is 20.3. The van der Waals surface area contributed by atoms with Gasteiger partial charge >= 0.3 is 0 Å². The van der Waals surface area contributed by atoms with E-state index in [9.17, 15) is 4.79 Å². The summed E-state index contributed by atoms with van der Waals surface area (Å²) in [5.41, 5.74) is 5.15. The van der Waals surface area contributed by atoms with Crippen molar-refractivity contribution in [2.45, 2.75) is 52.5 Å². The summed E-state index contributed by atoms with van der Waals surface area (Å²) in [4.78, 5) is 25.5. The number of rotatable bonds is 4. The number of aromatic amines is 1. The molecule has 1 aliphatic carbocycles. The van der Waals surface area contributed by atoms with Crippen molar-refractivity contribution in [3.63, 3.8) is 0 Å². The standard InChI is InChI=1S/C26H33N7O/c1-17(2)33-16-22(18(3)30-33)23-14-21-24(8-9-28-25(21)29-23)31-10-12-32(13-11-31)26(34)20-6-4-19(15-27)5-7-20/h8-9,14,16-17,19-20H,4-7,10-13H2,1-3H3,(H,28,29). The molecule has 3 aromatic heterocycles. The zero-order chi connectivity index (χ0) is 23.8. The molecular weight excluding hydrogens is 426 g/mol. The molecule has 0 bridgehead atoms. The molecule has 0 aromatic carbocycles. The van der Waals surface area contributed by atoms with Crippen LogP contribution in [0.4, 0.5) is 5.69 Å². The van der Waals surface area contributed by atoms with E-state index >= 15 is 0 Å². The summed E-state index contributed by atoms with van der Waals surface area (Å²) in [7, 11) is 0. The van der Waals surface area contributed by atoms with E-state index in [1.54, 1.807) is 0 Å². The van der Waals surface area contributed by atoms with Gasteiger partial charge in [0, 0.05) is 73.1 Å². The lowest BCUT2D eigenvalue weighted by molar-refractivity contribution is -0.137. The van der Waals surface area contributed by atoms with Gasteiger partial charge in [-0.25, -0.2) is 4.98 Å². The minimum atomic E-state index is 0.0889. The fourth-order valence-electron chi connectivity index (χ4n) is 5.34. The molecule has 34 heavy (non-hydrogen) atoms. The highest BCUT2D eigenvalue weighted by molar-refractivity contribution is 5.94. The van der Waals surface area contributed by atoms with Crippen molar-refractivity contribution in [3.8, 4) is 17.3 Å². The van der Waals surface area contributed by atoms with E-state index in [1.165, 1.54) is 0 Å². The molecule has 4 heterocycles.